The van der Waals surface area contributed by atoms with Crippen LogP contribution in [0.4, 0.5) is 5.69 Å². The van der Waals surface area contributed by atoms with Gasteiger partial charge in [0.1, 0.15) is 11.5 Å². The molecule has 1 heterocycles. The van der Waals surface area contributed by atoms with E-state index in [0.29, 0.717) is 5.69 Å². The van der Waals surface area contributed by atoms with Crippen LogP contribution in [0.2, 0.25) is 0 Å². The molecule has 162 valence electrons. The summed E-state index contributed by atoms with van der Waals surface area (Å²) in [5.74, 6) is -1.08. The van der Waals surface area contributed by atoms with Gasteiger partial charge in [-0.05, 0) is 42.3 Å². The van der Waals surface area contributed by atoms with Crippen LogP contribution in [0.3, 0.4) is 0 Å². The number of carbonyl (C=O) groups excluding carboxylic acids is 2. The number of likely N-dealkylation sites (N-methyl/N-ethyl adjacent to an activating group) is 1. The number of sulfone groups is 1. The summed E-state index contributed by atoms with van der Waals surface area (Å²) < 4.78 is 30.4. The highest BCUT2D eigenvalue weighted by atomic mass is 32.2. The number of amides is 2. The topological polar surface area (TPSA) is 96.7 Å². The molecule has 3 rings (SSSR count). The maximum Gasteiger partial charge on any atom is 0.289 e. The third kappa shape index (κ3) is 5.61. The minimum absolute atomic E-state index is 0.0254. The lowest BCUT2D eigenvalue weighted by Gasteiger charge is -2.16. The molecule has 0 bridgehead atoms. The largest absolute Gasteiger partial charge is 0.455 e. The maximum absolute atomic E-state index is 12.6. The van der Waals surface area contributed by atoms with Crippen molar-refractivity contribution in [2.75, 3.05) is 18.9 Å². The summed E-state index contributed by atoms with van der Waals surface area (Å²) in [4.78, 5) is 26.4. The number of nitrogens with one attached hydrogen (secondary N) is 1. The zero-order chi connectivity index (χ0) is 22.4. The van der Waals surface area contributed by atoms with Crippen molar-refractivity contribution in [2.45, 2.75) is 24.0 Å². The fourth-order valence-corrected chi connectivity index (χ4v) is 4.35. The molecule has 0 spiro atoms. The van der Waals surface area contributed by atoms with Crippen LogP contribution in [-0.4, -0.2) is 38.7 Å². The first-order chi connectivity index (χ1) is 14.8. The molecule has 2 amide bonds. The molecular formula is C23H24N2O5S. The third-order valence-electron chi connectivity index (χ3n) is 4.71. The molecule has 0 saturated carbocycles. The Morgan fingerprint density at radius 1 is 0.968 bits per heavy atom. The van der Waals surface area contributed by atoms with Crippen molar-refractivity contribution in [2.24, 2.45) is 0 Å². The van der Waals surface area contributed by atoms with Crippen LogP contribution in [0.1, 0.15) is 28.8 Å². The number of hydrogen-bond donors (Lipinski definition) is 1. The van der Waals surface area contributed by atoms with E-state index in [4.69, 9.17) is 4.42 Å². The van der Waals surface area contributed by atoms with Crippen molar-refractivity contribution in [3.8, 4) is 0 Å². The van der Waals surface area contributed by atoms with Gasteiger partial charge >= 0.3 is 0 Å². The van der Waals surface area contributed by atoms with Gasteiger partial charge in [-0.2, -0.15) is 0 Å². The molecule has 0 atom stereocenters. The van der Waals surface area contributed by atoms with Crippen molar-refractivity contribution >= 4 is 27.3 Å². The monoisotopic (exact) mass is 440 g/mol. The number of nitrogens with zero attached hydrogens (tertiary/aromatic N) is 1. The van der Waals surface area contributed by atoms with E-state index in [1.54, 1.807) is 18.2 Å². The van der Waals surface area contributed by atoms with Gasteiger partial charge < -0.3 is 14.6 Å². The van der Waals surface area contributed by atoms with E-state index < -0.39 is 15.7 Å². The Morgan fingerprint density at radius 2 is 1.65 bits per heavy atom. The molecule has 8 heteroatoms. The second kappa shape index (κ2) is 9.61. The summed E-state index contributed by atoms with van der Waals surface area (Å²) in [5.41, 5.74) is 1.71. The first kappa shape index (κ1) is 22.3. The number of para-hydroxylation sites is 1. The maximum atomic E-state index is 12.6. The summed E-state index contributed by atoms with van der Waals surface area (Å²) in [7, 11) is -2.11. The first-order valence-corrected chi connectivity index (χ1v) is 11.4. The van der Waals surface area contributed by atoms with Crippen LogP contribution < -0.4 is 5.32 Å². The molecular weight excluding hydrogens is 416 g/mol. The van der Waals surface area contributed by atoms with E-state index in [-0.39, 0.29) is 34.6 Å². The Balaban J connectivity index is 1.63. The Labute approximate surface area is 181 Å². The molecule has 3 aromatic rings. The molecule has 1 N–H and O–H groups in total. The zero-order valence-electron chi connectivity index (χ0n) is 17.4. The summed E-state index contributed by atoms with van der Waals surface area (Å²) in [6, 6.07) is 18.4. The molecule has 7 nitrogen and oxygen atoms in total. The fraction of sp³-hybridized carbons (Fsp3) is 0.217. The lowest BCUT2D eigenvalue weighted by Crippen LogP contribution is -2.34. The Bertz CT molecular complexity index is 1170. The van der Waals surface area contributed by atoms with Gasteiger partial charge in [0.2, 0.25) is 5.91 Å². The predicted molar refractivity (Wildman–Crippen MR) is 117 cm³/mol. The van der Waals surface area contributed by atoms with Gasteiger partial charge in [0.05, 0.1) is 11.4 Å². The van der Waals surface area contributed by atoms with Crippen molar-refractivity contribution < 1.29 is 22.4 Å². The van der Waals surface area contributed by atoms with Crippen LogP contribution in [0, 0.1) is 0 Å². The SMILES string of the molecule is CCc1ccccc1NC(=O)CN(C)C(=O)c1ccc(CS(=O)(=O)c2ccccc2)o1. The van der Waals surface area contributed by atoms with Crippen molar-refractivity contribution in [3.05, 3.63) is 83.8 Å². The molecule has 31 heavy (non-hydrogen) atoms. The number of rotatable bonds is 8. The summed E-state index contributed by atoms with van der Waals surface area (Å²) >= 11 is 0. The molecule has 0 aliphatic rings. The molecule has 0 aliphatic carbocycles. The minimum atomic E-state index is -3.59. The van der Waals surface area contributed by atoms with Crippen molar-refractivity contribution in [3.63, 3.8) is 0 Å². The molecule has 0 saturated heterocycles. The van der Waals surface area contributed by atoms with Crippen LogP contribution in [0.15, 0.2) is 76.0 Å². The molecule has 0 fully saturated rings. The number of carbonyl (C=O) groups is 2. The average Bonchev–Trinajstić information content (AvgIpc) is 3.21. The van der Waals surface area contributed by atoms with Crippen LogP contribution in [0.5, 0.6) is 0 Å². The van der Waals surface area contributed by atoms with Gasteiger partial charge in [0.15, 0.2) is 15.6 Å². The standard InChI is InChI=1S/C23H24N2O5S/c1-3-17-9-7-8-12-20(17)24-22(26)15-25(2)23(27)21-14-13-18(30-21)16-31(28,29)19-10-5-4-6-11-19/h4-14H,3,15-16H2,1-2H3,(H,24,26). The normalized spacial score (nSPS) is 11.2. The number of anilines is 1. The fourth-order valence-electron chi connectivity index (χ4n) is 3.08. The molecule has 0 aliphatic heterocycles. The van der Waals surface area contributed by atoms with E-state index in [2.05, 4.69) is 5.32 Å². The second-order valence-corrected chi connectivity index (χ2v) is 9.05. The van der Waals surface area contributed by atoms with Gasteiger partial charge in [0.25, 0.3) is 5.91 Å². The van der Waals surface area contributed by atoms with E-state index >= 15 is 0 Å². The highest BCUT2D eigenvalue weighted by Crippen LogP contribution is 2.19. The quantitative estimate of drug-likeness (QED) is 0.578. The first-order valence-electron chi connectivity index (χ1n) is 9.80. The summed E-state index contributed by atoms with van der Waals surface area (Å²) in [5, 5.41) is 2.81. The lowest BCUT2D eigenvalue weighted by molar-refractivity contribution is -0.116. The van der Waals surface area contributed by atoms with Gasteiger partial charge in [-0.3, -0.25) is 9.59 Å². The molecule has 0 unspecified atom stereocenters. The number of benzene rings is 2. The molecule has 2 aromatic carbocycles. The average molecular weight is 441 g/mol. The number of aryl methyl sites for hydroxylation is 1. The smallest absolute Gasteiger partial charge is 0.289 e. The van der Waals surface area contributed by atoms with Gasteiger partial charge in [-0.15, -0.1) is 0 Å². The van der Waals surface area contributed by atoms with E-state index in [0.717, 1.165) is 12.0 Å². The Kier molecular flexibility index (Phi) is 6.91. The van der Waals surface area contributed by atoms with E-state index in [9.17, 15) is 18.0 Å². The number of hydrogen-bond acceptors (Lipinski definition) is 5. The van der Waals surface area contributed by atoms with E-state index in [1.165, 1.54) is 36.2 Å². The predicted octanol–water partition coefficient (Wildman–Crippen LogP) is 3.53. The Hall–Kier alpha value is -3.39. The van der Waals surface area contributed by atoms with Gasteiger partial charge in [-0.25, -0.2) is 8.42 Å². The van der Waals surface area contributed by atoms with Crippen molar-refractivity contribution in [1.82, 2.24) is 4.90 Å². The van der Waals surface area contributed by atoms with Crippen LogP contribution in [-0.2, 0) is 26.8 Å². The van der Waals surface area contributed by atoms with E-state index in [1.807, 2.05) is 31.2 Å². The lowest BCUT2D eigenvalue weighted by atomic mass is 10.1. The van der Waals surface area contributed by atoms with Gasteiger partial charge in [0, 0.05) is 12.7 Å². The highest BCUT2D eigenvalue weighted by Gasteiger charge is 2.22. The van der Waals surface area contributed by atoms with Crippen LogP contribution >= 0.6 is 0 Å². The second-order valence-electron chi connectivity index (χ2n) is 7.06. The zero-order valence-corrected chi connectivity index (χ0v) is 18.2. The molecule has 1 aromatic heterocycles. The molecule has 0 radical (unpaired) electrons. The highest BCUT2D eigenvalue weighted by molar-refractivity contribution is 7.90. The van der Waals surface area contributed by atoms with Crippen molar-refractivity contribution in [1.29, 1.82) is 0 Å². The third-order valence-corrected chi connectivity index (χ3v) is 6.36. The van der Waals surface area contributed by atoms with Crippen LogP contribution in [0.25, 0.3) is 0 Å². The Morgan fingerprint density at radius 3 is 2.35 bits per heavy atom. The summed E-state index contributed by atoms with van der Waals surface area (Å²) in [6.45, 7) is 1.82. The summed E-state index contributed by atoms with van der Waals surface area (Å²) in [6.07, 6.45) is 0.770. The van der Waals surface area contributed by atoms with Gasteiger partial charge in [-0.1, -0.05) is 43.3 Å². The number of furan rings is 1. The minimum Gasteiger partial charge on any atom is -0.455 e.